The van der Waals surface area contributed by atoms with Gasteiger partial charge in [-0.15, -0.1) is 0 Å². The molecule has 0 atom stereocenters. The predicted molar refractivity (Wildman–Crippen MR) is 66.4 cm³/mol. The van der Waals surface area contributed by atoms with E-state index in [0.717, 1.165) is 25.8 Å². The summed E-state index contributed by atoms with van der Waals surface area (Å²) in [6.07, 6.45) is 6.80. The summed E-state index contributed by atoms with van der Waals surface area (Å²) in [5, 5.41) is 22.1. The average molecular weight is 229 g/mol. The van der Waals surface area contributed by atoms with E-state index in [9.17, 15) is 5.11 Å². The first-order chi connectivity index (χ1) is 7.54. The molecule has 3 heteroatoms. The van der Waals surface area contributed by atoms with E-state index in [4.69, 9.17) is 5.11 Å². The summed E-state index contributed by atoms with van der Waals surface area (Å²) in [7, 11) is 0. The highest BCUT2D eigenvalue weighted by Crippen LogP contribution is 2.35. The standard InChI is InChI=1S/C13H27NO2/c1-12(2,8-9-15)14-10-13(11-16)6-4-3-5-7-13/h14-16H,3-11H2,1-2H3. The van der Waals surface area contributed by atoms with Gasteiger partial charge >= 0.3 is 0 Å². The van der Waals surface area contributed by atoms with Gasteiger partial charge in [0.15, 0.2) is 0 Å². The van der Waals surface area contributed by atoms with E-state index in [1.165, 1.54) is 19.3 Å². The zero-order valence-corrected chi connectivity index (χ0v) is 10.8. The van der Waals surface area contributed by atoms with Gasteiger partial charge in [0.1, 0.15) is 0 Å². The lowest BCUT2D eigenvalue weighted by atomic mass is 9.74. The lowest BCUT2D eigenvalue weighted by molar-refractivity contribution is 0.0711. The molecule has 0 bridgehead atoms. The van der Waals surface area contributed by atoms with E-state index in [2.05, 4.69) is 19.2 Å². The fourth-order valence-corrected chi connectivity index (χ4v) is 2.49. The van der Waals surface area contributed by atoms with Crippen LogP contribution in [0.2, 0.25) is 0 Å². The topological polar surface area (TPSA) is 52.5 Å². The van der Waals surface area contributed by atoms with Gasteiger partial charge in [-0.05, 0) is 33.1 Å². The quantitative estimate of drug-likeness (QED) is 0.649. The predicted octanol–water partition coefficient (Wildman–Crippen LogP) is 1.68. The maximum Gasteiger partial charge on any atom is 0.0499 e. The second-order valence-electron chi connectivity index (χ2n) is 5.93. The van der Waals surface area contributed by atoms with E-state index < -0.39 is 0 Å². The third-order valence-electron chi connectivity index (χ3n) is 3.93. The van der Waals surface area contributed by atoms with Crippen molar-refractivity contribution in [1.82, 2.24) is 5.32 Å². The van der Waals surface area contributed by atoms with Gasteiger partial charge in [0.05, 0.1) is 0 Å². The van der Waals surface area contributed by atoms with Gasteiger partial charge in [-0.25, -0.2) is 0 Å². The molecule has 0 aromatic heterocycles. The van der Waals surface area contributed by atoms with Gasteiger partial charge in [-0.1, -0.05) is 19.3 Å². The molecule has 1 aliphatic carbocycles. The Bertz CT molecular complexity index is 198. The maximum absolute atomic E-state index is 9.58. The van der Waals surface area contributed by atoms with Crippen molar-refractivity contribution >= 4 is 0 Å². The Morgan fingerprint density at radius 3 is 2.25 bits per heavy atom. The van der Waals surface area contributed by atoms with Crippen LogP contribution in [-0.4, -0.2) is 35.5 Å². The monoisotopic (exact) mass is 229 g/mol. The Morgan fingerprint density at radius 1 is 1.12 bits per heavy atom. The minimum Gasteiger partial charge on any atom is -0.396 e. The van der Waals surface area contributed by atoms with E-state index >= 15 is 0 Å². The fraction of sp³-hybridized carbons (Fsp3) is 1.00. The lowest BCUT2D eigenvalue weighted by Crippen LogP contribution is -2.48. The molecule has 0 saturated heterocycles. The Balaban J connectivity index is 2.44. The van der Waals surface area contributed by atoms with Gasteiger partial charge in [0.25, 0.3) is 0 Å². The van der Waals surface area contributed by atoms with Crippen molar-refractivity contribution in [3.63, 3.8) is 0 Å². The smallest absolute Gasteiger partial charge is 0.0499 e. The molecule has 0 unspecified atom stereocenters. The number of aliphatic hydroxyl groups excluding tert-OH is 2. The van der Waals surface area contributed by atoms with Crippen LogP contribution in [0.15, 0.2) is 0 Å². The molecule has 0 amide bonds. The molecule has 0 aromatic rings. The summed E-state index contributed by atoms with van der Waals surface area (Å²) >= 11 is 0. The Morgan fingerprint density at radius 2 is 1.75 bits per heavy atom. The van der Waals surface area contributed by atoms with Crippen molar-refractivity contribution in [1.29, 1.82) is 0 Å². The summed E-state index contributed by atoms with van der Waals surface area (Å²) in [6.45, 7) is 5.59. The molecule has 3 N–H and O–H groups in total. The SMILES string of the molecule is CC(C)(CCO)NCC1(CO)CCCCC1. The first kappa shape index (κ1) is 13.9. The van der Waals surface area contributed by atoms with Crippen LogP contribution in [0.1, 0.15) is 52.4 Å². The van der Waals surface area contributed by atoms with Gasteiger partial charge in [-0.2, -0.15) is 0 Å². The first-order valence-electron chi connectivity index (χ1n) is 6.50. The third-order valence-corrected chi connectivity index (χ3v) is 3.93. The van der Waals surface area contributed by atoms with Crippen LogP contribution in [0, 0.1) is 5.41 Å². The molecular formula is C13H27NO2. The van der Waals surface area contributed by atoms with Crippen molar-refractivity contribution in [3.8, 4) is 0 Å². The molecule has 0 aliphatic heterocycles. The largest absolute Gasteiger partial charge is 0.396 e. The van der Waals surface area contributed by atoms with Crippen LogP contribution in [0.5, 0.6) is 0 Å². The molecule has 1 rings (SSSR count). The van der Waals surface area contributed by atoms with Crippen molar-refractivity contribution in [2.75, 3.05) is 19.8 Å². The van der Waals surface area contributed by atoms with Crippen LogP contribution >= 0.6 is 0 Å². The summed E-state index contributed by atoms with van der Waals surface area (Å²) in [6, 6.07) is 0. The maximum atomic E-state index is 9.58. The summed E-state index contributed by atoms with van der Waals surface area (Å²) in [4.78, 5) is 0. The van der Waals surface area contributed by atoms with Crippen molar-refractivity contribution in [2.45, 2.75) is 57.9 Å². The molecule has 3 nitrogen and oxygen atoms in total. The molecule has 0 spiro atoms. The number of hydrogen-bond donors (Lipinski definition) is 3. The Hall–Kier alpha value is -0.120. The van der Waals surface area contributed by atoms with E-state index in [1.54, 1.807) is 0 Å². The lowest BCUT2D eigenvalue weighted by Gasteiger charge is -2.39. The van der Waals surface area contributed by atoms with Crippen molar-refractivity contribution in [3.05, 3.63) is 0 Å². The van der Waals surface area contributed by atoms with Gasteiger partial charge in [0.2, 0.25) is 0 Å². The average Bonchev–Trinajstić information content (AvgIpc) is 2.28. The molecule has 0 heterocycles. The molecular weight excluding hydrogens is 202 g/mol. The van der Waals surface area contributed by atoms with Gasteiger partial charge < -0.3 is 15.5 Å². The van der Waals surface area contributed by atoms with Crippen LogP contribution in [0.3, 0.4) is 0 Å². The number of nitrogens with one attached hydrogen (secondary N) is 1. The van der Waals surface area contributed by atoms with Crippen molar-refractivity contribution in [2.24, 2.45) is 5.41 Å². The second-order valence-corrected chi connectivity index (χ2v) is 5.93. The zero-order valence-electron chi connectivity index (χ0n) is 10.8. The Labute approximate surface area is 99.3 Å². The molecule has 1 aliphatic rings. The highest BCUT2D eigenvalue weighted by atomic mass is 16.3. The van der Waals surface area contributed by atoms with Gasteiger partial charge in [0, 0.05) is 30.7 Å². The van der Waals surface area contributed by atoms with Crippen LogP contribution in [0.4, 0.5) is 0 Å². The first-order valence-corrected chi connectivity index (χ1v) is 6.50. The third kappa shape index (κ3) is 4.04. The minimum atomic E-state index is -0.0334. The van der Waals surface area contributed by atoms with Crippen LogP contribution in [0.25, 0.3) is 0 Å². The number of hydrogen-bond acceptors (Lipinski definition) is 3. The highest BCUT2D eigenvalue weighted by Gasteiger charge is 2.32. The van der Waals surface area contributed by atoms with E-state index in [1.807, 2.05) is 0 Å². The molecule has 0 aromatic carbocycles. The molecule has 16 heavy (non-hydrogen) atoms. The van der Waals surface area contributed by atoms with Gasteiger partial charge in [-0.3, -0.25) is 0 Å². The summed E-state index contributed by atoms with van der Waals surface area (Å²) < 4.78 is 0. The molecule has 1 fully saturated rings. The molecule has 96 valence electrons. The fourth-order valence-electron chi connectivity index (χ4n) is 2.49. The van der Waals surface area contributed by atoms with Crippen LogP contribution in [-0.2, 0) is 0 Å². The summed E-state index contributed by atoms with van der Waals surface area (Å²) in [5.41, 5.74) is 0.0549. The zero-order chi connectivity index (χ0) is 12.1. The van der Waals surface area contributed by atoms with E-state index in [-0.39, 0.29) is 24.2 Å². The highest BCUT2D eigenvalue weighted by molar-refractivity contribution is 4.88. The summed E-state index contributed by atoms with van der Waals surface area (Å²) in [5.74, 6) is 0. The number of aliphatic hydroxyl groups is 2. The molecule has 0 radical (unpaired) electrons. The van der Waals surface area contributed by atoms with Crippen LogP contribution < -0.4 is 5.32 Å². The minimum absolute atomic E-state index is 0.0334. The Kier molecular flexibility index (Phi) is 5.22. The number of rotatable bonds is 6. The van der Waals surface area contributed by atoms with Crippen molar-refractivity contribution < 1.29 is 10.2 Å². The molecule has 1 saturated carbocycles. The second kappa shape index (κ2) is 5.99. The normalized spacial score (nSPS) is 21.0. The van der Waals surface area contributed by atoms with E-state index in [0.29, 0.717) is 0 Å².